The van der Waals surface area contributed by atoms with Gasteiger partial charge in [-0.3, -0.25) is 14.6 Å². The lowest BCUT2D eigenvalue weighted by Crippen LogP contribution is -2.49. The number of ether oxygens (including phenoxy) is 1. The van der Waals surface area contributed by atoms with Gasteiger partial charge in [0.25, 0.3) is 5.91 Å². The standard InChI is InChI=1S/C22H21ClN4O5/c1-12-10-26-15(11-25-12)18(28)17-14-9-13(23)5-6-16(14)27(19(17)29)21(31)32-22(20(24)30)7-3-2-4-8-22/h5-6,9-11,29H,2-4,7-8H2,1H3,(H2,24,30). The van der Waals surface area contributed by atoms with Crippen LogP contribution in [0.1, 0.15) is 53.8 Å². The number of aromatic nitrogens is 3. The summed E-state index contributed by atoms with van der Waals surface area (Å²) in [7, 11) is 0. The highest BCUT2D eigenvalue weighted by atomic mass is 35.5. The van der Waals surface area contributed by atoms with E-state index in [2.05, 4.69) is 9.97 Å². The van der Waals surface area contributed by atoms with E-state index in [-0.39, 0.29) is 22.2 Å². The summed E-state index contributed by atoms with van der Waals surface area (Å²) in [5, 5.41) is 11.5. The smallest absolute Gasteiger partial charge is 0.422 e. The first-order valence-corrected chi connectivity index (χ1v) is 10.5. The van der Waals surface area contributed by atoms with E-state index in [9.17, 15) is 19.5 Å². The van der Waals surface area contributed by atoms with E-state index in [1.165, 1.54) is 30.6 Å². The fraction of sp³-hybridized carbons (Fsp3) is 0.318. The van der Waals surface area contributed by atoms with Crippen molar-refractivity contribution in [2.24, 2.45) is 5.73 Å². The molecular formula is C22H21ClN4O5. The van der Waals surface area contributed by atoms with Crippen LogP contribution in [0.2, 0.25) is 5.02 Å². The molecule has 2 heterocycles. The van der Waals surface area contributed by atoms with Crippen LogP contribution >= 0.6 is 11.6 Å². The molecule has 2 aromatic heterocycles. The summed E-state index contributed by atoms with van der Waals surface area (Å²) in [4.78, 5) is 46.6. The molecule has 1 saturated carbocycles. The maximum atomic E-state index is 13.2. The first kappa shape index (κ1) is 21.8. The number of rotatable bonds is 4. The highest BCUT2D eigenvalue weighted by molar-refractivity contribution is 6.32. The van der Waals surface area contributed by atoms with E-state index in [0.29, 0.717) is 36.4 Å². The topological polar surface area (TPSA) is 137 Å². The normalized spacial score (nSPS) is 15.4. The van der Waals surface area contributed by atoms with Gasteiger partial charge in [-0.25, -0.2) is 14.3 Å². The molecule has 3 aromatic rings. The number of carbonyl (C=O) groups excluding carboxylic acids is 3. The van der Waals surface area contributed by atoms with Crippen molar-refractivity contribution in [2.75, 3.05) is 0 Å². The van der Waals surface area contributed by atoms with Gasteiger partial charge < -0.3 is 15.6 Å². The number of primary amides is 1. The van der Waals surface area contributed by atoms with Crippen molar-refractivity contribution in [3.05, 3.63) is 52.6 Å². The predicted molar refractivity (Wildman–Crippen MR) is 116 cm³/mol. The Labute approximate surface area is 188 Å². The van der Waals surface area contributed by atoms with Crippen LogP contribution in [0.3, 0.4) is 0 Å². The molecule has 9 nitrogen and oxygen atoms in total. The Balaban J connectivity index is 1.83. The maximum Gasteiger partial charge on any atom is 0.422 e. The number of halogens is 1. The SMILES string of the molecule is Cc1cnc(C(=O)c2c(O)n(C(=O)OC3(C(N)=O)CCCCC3)c3ccc(Cl)cc23)cn1. The third-order valence-corrected chi connectivity index (χ3v) is 5.96. The Bertz CT molecular complexity index is 1230. The Morgan fingerprint density at radius 3 is 2.50 bits per heavy atom. The number of amides is 1. The summed E-state index contributed by atoms with van der Waals surface area (Å²) in [5.41, 5.74) is 4.72. The summed E-state index contributed by atoms with van der Waals surface area (Å²) < 4.78 is 6.42. The van der Waals surface area contributed by atoms with Gasteiger partial charge in [0.1, 0.15) is 5.69 Å². The lowest BCUT2D eigenvalue weighted by molar-refractivity contribution is -0.139. The minimum atomic E-state index is -1.46. The molecule has 1 aliphatic carbocycles. The molecular weight excluding hydrogens is 436 g/mol. The second kappa shape index (κ2) is 8.23. The second-order valence-corrected chi connectivity index (χ2v) is 8.29. The van der Waals surface area contributed by atoms with Crippen molar-refractivity contribution in [1.82, 2.24) is 14.5 Å². The quantitative estimate of drug-likeness (QED) is 0.573. The summed E-state index contributed by atoms with van der Waals surface area (Å²) in [6.45, 7) is 1.72. The van der Waals surface area contributed by atoms with Gasteiger partial charge in [0.2, 0.25) is 11.7 Å². The van der Waals surface area contributed by atoms with E-state index in [4.69, 9.17) is 22.1 Å². The third kappa shape index (κ3) is 3.69. The maximum absolute atomic E-state index is 13.2. The van der Waals surface area contributed by atoms with Crippen molar-refractivity contribution in [2.45, 2.75) is 44.6 Å². The van der Waals surface area contributed by atoms with Crippen LogP contribution in [0.5, 0.6) is 5.88 Å². The zero-order chi connectivity index (χ0) is 23.0. The number of hydrogen-bond donors (Lipinski definition) is 2. The second-order valence-electron chi connectivity index (χ2n) is 7.85. The molecule has 4 rings (SSSR count). The van der Waals surface area contributed by atoms with Gasteiger partial charge >= 0.3 is 6.09 Å². The molecule has 32 heavy (non-hydrogen) atoms. The minimum Gasteiger partial charge on any atom is -0.494 e. The zero-order valence-electron chi connectivity index (χ0n) is 17.3. The molecule has 0 aliphatic heterocycles. The first-order valence-electron chi connectivity index (χ1n) is 10.1. The molecule has 1 amide bonds. The fourth-order valence-electron chi connectivity index (χ4n) is 4.03. The van der Waals surface area contributed by atoms with Crippen LogP contribution in [-0.2, 0) is 9.53 Å². The molecule has 0 saturated heterocycles. The van der Waals surface area contributed by atoms with Crippen LogP contribution in [0, 0.1) is 6.92 Å². The Hall–Kier alpha value is -3.46. The number of ketones is 1. The van der Waals surface area contributed by atoms with Gasteiger partial charge in [-0.05, 0) is 50.8 Å². The van der Waals surface area contributed by atoms with Crippen molar-refractivity contribution in [3.63, 3.8) is 0 Å². The van der Waals surface area contributed by atoms with Crippen LogP contribution in [0.15, 0.2) is 30.6 Å². The average molecular weight is 457 g/mol. The van der Waals surface area contributed by atoms with Crippen molar-refractivity contribution < 1.29 is 24.2 Å². The first-order chi connectivity index (χ1) is 15.2. The monoisotopic (exact) mass is 456 g/mol. The van der Waals surface area contributed by atoms with Crippen molar-refractivity contribution in [1.29, 1.82) is 0 Å². The van der Waals surface area contributed by atoms with E-state index in [1.807, 2.05) is 0 Å². The molecule has 0 radical (unpaired) electrons. The van der Waals surface area contributed by atoms with Crippen molar-refractivity contribution in [3.8, 4) is 5.88 Å². The highest BCUT2D eigenvalue weighted by Gasteiger charge is 2.43. The molecule has 0 unspecified atom stereocenters. The van der Waals surface area contributed by atoms with Crippen LogP contribution in [0.4, 0.5) is 4.79 Å². The minimum absolute atomic E-state index is 0.0146. The Kier molecular flexibility index (Phi) is 5.60. The van der Waals surface area contributed by atoms with E-state index in [0.717, 1.165) is 11.0 Å². The number of hydrogen-bond acceptors (Lipinski definition) is 7. The molecule has 10 heteroatoms. The number of nitrogens with two attached hydrogens (primary N) is 1. The summed E-state index contributed by atoms with van der Waals surface area (Å²) in [5.74, 6) is -2.03. The zero-order valence-corrected chi connectivity index (χ0v) is 18.1. The largest absolute Gasteiger partial charge is 0.494 e. The Morgan fingerprint density at radius 1 is 1.16 bits per heavy atom. The van der Waals surface area contributed by atoms with Crippen molar-refractivity contribution >= 4 is 40.3 Å². The number of fused-ring (bicyclic) bond motifs is 1. The fourth-order valence-corrected chi connectivity index (χ4v) is 4.20. The van der Waals surface area contributed by atoms with Crippen LogP contribution in [0.25, 0.3) is 10.9 Å². The van der Waals surface area contributed by atoms with Gasteiger partial charge in [-0.2, -0.15) is 0 Å². The molecule has 0 atom stereocenters. The lowest BCUT2D eigenvalue weighted by Gasteiger charge is -2.33. The molecule has 3 N–H and O–H groups in total. The number of benzene rings is 1. The molecule has 0 bridgehead atoms. The summed E-state index contributed by atoms with van der Waals surface area (Å²) in [6.07, 6.45) is 4.55. The number of carbonyl (C=O) groups is 3. The molecule has 1 aliphatic rings. The van der Waals surface area contributed by atoms with Gasteiger partial charge in [0, 0.05) is 16.6 Å². The average Bonchev–Trinajstić information content (AvgIpc) is 3.05. The molecule has 0 spiro atoms. The van der Waals surface area contributed by atoms with E-state index in [1.54, 1.807) is 6.92 Å². The molecule has 166 valence electrons. The summed E-state index contributed by atoms with van der Waals surface area (Å²) >= 11 is 6.12. The number of aromatic hydroxyl groups is 1. The van der Waals surface area contributed by atoms with Gasteiger partial charge in [-0.1, -0.05) is 18.0 Å². The van der Waals surface area contributed by atoms with Gasteiger partial charge in [0.15, 0.2) is 5.60 Å². The lowest BCUT2D eigenvalue weighted by atomic mass is 9.84. The third-order valence-electron chi connectivity index (χ3n) is 5.72. The molecule has 1 fully saturated rings. The van der Waals surface area contributed by atoms with Gasteiger partial charge in [0.05, 0.1) is 23.0 Å². The highest BCUT2D eigenvalue weighted by Crippen LogP contribution is 2.37. The van der Waals surface area contributed by atoms with Crippen LogP contribution < -0.4 is 5.73 Å². The predicted octanol–water partition coefficient (Wildman–Crippen LogP) is 3.50. The number of aryl methyl sites for hydroxylation is 1. The van der Waals surface area contributed by atoms with E-state index >= 15 is 0 Å². The number of nitrogens with zero attached hydrogens (tertiary/aromatic N) is 3. The van der Waals surface area contributed by atoms with Crippen LogP contribution in [-0.4, -0.2) is 43.0 Å². The Morgan fingerprint density at radius 2 is 1.88 bits per heavy atom. The van der Waals surface area contributed by atoms with E-state index < -0.39 is 29.3 Å². The summed E-state index contributed by atoms with van der Waals surface area (Å²) in [6, 6.07) is 4.45. The van der Waals surface area contributed by atoms with Gasteiger partial charge in [-0.15, -0.1) is 0 Å². The molecule has 1 aromatic carbocycles.